The lowest BCUT2D eigenvalue weighted by atomic mass is 9.93. The minimum Gasteiger partial charge on any atom is -0.455 e. The van der Waals surface area contributed by atoms with Crippen molar-refractivity contribution < 1.29 is 4.42 Å². The van der Waals surface area contributed by atoms with E-state index < -0.39 is 0 Å². The number of aryl methyl sites for hydroxylation is 1. The van der Waals surface area contributed by atoms with Gasteiger partial charge in [-0.2, -0.15) is 0 Å². The third kappa shape index (κ3) is 5.31. The molecule has 260 valence electrons. The van der Waals surface area contributed by atoms with Gasteiger partial charge in [-0.1, -0.05) is 140 Å². The van der Waals surface area contributed by atoms with Crippen LogP contribution in [0.3, 0.4) is 0 Å². The van der Waals surface area contributed by atoms with E-state index in [0.29, 0.717) is 0 Å². The van der Waals surface area contributed by atoms with Crippen LogP contribution in [0.5, 0.6) is 0 Å². The van der Waals surface area contributed by atoms with Crippen LogP contribution in [0.1, 0.15) is 16.9 Å². The fraction of sp³-hybridized carbons (Fsp3) is 0.0385. The van der Waals surface area contributed by atoms with Crippen LogP contribution < -0.4 is 4.90 Å². The Balaban J connectivity index is 1.21. The summed E-state index contributed by atoms with van der Waals surface area (Å²) in [5.74, 6) is 0. The predicted octanol–water partition coefficient (Wildman–Crippen LogP) is 15.4. The topological polar surface area (TPSA) is 16.4 Å². The number of benzene rings is 8. The molecule has 2 aromatic heterocycles. The summed E-state index contributed by atoms with van der Waals surface area (Å²) in [6, 6.07) is 63.6. The van der Waals surface area contributed by atoms with Crippen molar-refractivity contribution in [1.82, 2.24) is 0 Å². The Morgan fingerprint density at radius 3 is 1.98 bits per heavy atom. The van der Waals surface area contributed by atoms with Crippen molar-refractivity contribution in [2.24, 2.45) is 0 Å². The number of allylic oxidation sites excluding steroid dienone is 1. The molecule has 11 rings (SSSR count). The van der Waals surface area contributed by atoms with Gasteiger partial charge in [0.2, 0.25) is 0 Å². The van der Waals surface area contributed by atoms with Gasteiger partial charge in [-0.25, -0.2) is 0 Å². The van der Waals surface area contributed by atoms with Gasteiger partial charge in [-0.15, -0.1) is 11.3 Å². The third-order valence-electron chi connectivity index (χ3n) is 11.1. The molecule has 0 atom stereocenters. The van der Waals surface area contributed by atoms with E-state index in [-0.39, 0.29) is 0 Å². The highest BCUT2D eigenvalue weighted by Crippen LogP contribution is 2.48. The van der Waals surface area contributed by atoms with Crippen LogP contribution in [0, 0.1) is 0 Å². The van der Waals surface area contributed by atoms with Gasteiger partial charge in [0.1, 0.15) is 11.2 Å². The first-order valence-electron chi connectivity index (χ1n) is 19.0. The standard InChI is InChI=1S/C52H35NOS/c1-4-14-34(15-5-1)40-30-27-38(32-44(40)36-18-8-3-9-19-36)53(39-28-31-49-45(33-39)42-21-10-11-25-48(42)55-49)46-23-12-20-37-26-29-43-51-41(35-16-6-2-7-17-35)22-13-24-47(51)54-52(43)50(37)46/h1-10,12-24,26-33H,11,25H2. The SMILES string of the molecule is C1=Cc2c(sc3ccc(N(c4ccc(-c5ccccc5)c(-c5ccccc5)c4)c4cccc5ccc6c(oc7cccc(-c8ccccc8)c76)c45)cc23)CC1. The molecule has 2 nitrogen and oxygen atoms in total. The largest absolute Gasteiger partial charge is 0.455 e. The quantitative estimate of drug-likeness (QED) is 0.170. The molecule has 1 aliphatic rings. The molecular formula is C52H35NOS. The van der Waals surface area contributed by atoms with Gasteiger partial charge in [0, 0.05) is 42.5 Å². The Hall–Kier alpha value is -6.68. The molecule has 0 saturated heterocycles. The van der Waals surface area contributed by atoms with Crippen molar-refractivity contribution in [3.8, 4) is 33.4 Å². The molecule has 8 aromatic carbocycles. The first-order valence-corrected chi connectivity index (χ1v) is 19.8. The van der Waals surface area contributed by atoms with E-state index in [9.17, 15) is 0 Å². The monoisotopic (exact) mass is 721 g/mol. The van der Waals surface area contributed by atoms with Crippen LogP contribution in [0.2, 0.25) is 0 Å². The average Bonchev–Trinajstić information content (AvgIpc) is 3.83. The number of furan rings is 1. The number of hydrogen-bond donors (Lipinski definition) is 0. The molecule has 0 aliphatic heterocycles. The predicted molar refractivity (Wildman–Crippen MR) is 235 cm³/mol. The lowest BCUT2D eigenvalue weighted by Gasteiger charge is -2.28. The van der Waals surface area contributed by atoms with E-state index >= 15 is 0 Å². The minimum atomic E-state index is 0.891. The van der Waals surface area contributed by atoms with Crippen molar-refractivity contribution in [3.63, 3.8) is 0 Å². The van der Waals surface area contributed by atoms with Gasteiger partial charge < -0.3 is 9.32 Å². The third-order valence-corrected chi connectivity index (χ3v) is 12.4. The van der Waals surface area contributed by atoms with E-state index in [1.165, 1.54) is 53.9 Å². The highest BCUT2D eigenvalue weighted by Gasteiger charge is 2.23. The Labute approximate surface area is 323 Å². The smallest absolute Gasteiger partial charge is 0.145 e. The van der Waals surface area contributed by atoms with Crippen LogP contribution in [0.15, 0.2) is 186 Å². The van der Waals surface area contributed by atoms with Crippen molar-refractivity contribution in [3.05, 3.63) is 192 Å². The Morgan fingerprint density at radius 1 is 0.509 bits per heavy atom. The molecule has 1 aliphatic carbocycles. The van der Waals surface area contributed by atoms with E-state index in [0.717, 1.165) is 62.6 Å². The second kappa shape index (κ2) is 13.0. The highest BCUT2D eigenvalue weighted by molar-refractivity contribution is 7.19. The maximum absolute atomic E-state index is 6.96. The Kier molecular flexibility index (Phi) is 7.53. The van der Waals surface area contributed by atoms with Crippen molar-refractivity contribution in [2.45, 2.75) is 12.8 Å². The number of thiophene rings is 1. The summed E-state index contributed by atoms with van der Waals surface area (Å²) in [4.78, 5) is 3.92. The Bertz CT molecular complexity index is 3080. The van der Waals surface area contributed by atoms with Gasteiger partial charge >= 0.3 is 0 Å². The summed E-state index contributed by atoms with van der Waals surface area (Å²) < 4.78 is 8.29. The zero-order valence-electron chi connectivity index (χ0n) is 30.1. The molecule has 0 bridgehead atoms. The maximum atomic E-state index is 6.96. The van der Waals surface area contributed by atoms with Crippen molar-refractivity contribution >= 4 is 77.3 Å². The molecule has 0 saturated carbocycles. The molecule has 0 unspecified atom stereocenters. The molecule has 3 heteroatoms. The molecule has 10 aromatic rings. The molecule has 0 radical (unpaired) electrons. The fourth-order valence-corrected chi connectivity index (χ4v) is 9.77. The van der Waals surface area contributed by atoms with E-state index in [1.807, 2.05) is 11.3 Å². The molecular weight excluding hydrogens is 687 g/mol. The minimum absolute atomic E-state index is 0.891. The van der Waals surface area contributed by atoms with E-state index in [4.69, 9.17) is 4.42 Å². The van der Waals surface area contributed by atoms with E-state index in [1.54, 1.807) is 0 Å². The summed E-state index contributed by atoms with van der Waals surface area (Å²) in [5, 5.41) is 5.80. The van der Waals surface area contributed by atoms with Gasteiger partial charge in [0.05, 0.1) is 5.69 Å². The van der Waals surface area contributed by atoms with E-state index in [2.05, 4.69) is 193 Å². The lowest BCUT2D eigenvalue weighted by Crippen LogP contribution is -2.11. The summed E-state index contributed by atoms with van der Waals surface area (Å²) in [5.41, 5.74) is 13.6. The normalized spacial score (nSPS) is 12.5. The fourth-order valence-electron chi connectivity index (χ4n) is 8.58. The summed E-state index contributed by atoms with van der Waals surface area (Å²) in [6.45, 7) is 0. The summed E-state index contributed by atoms with van der Waals surface area (Å²) in [7, 11) is 0. The average molecular weight is 722 g/mol. The maximum Gasteiger partial charge on any atom is 0.145 e. The second-order valence-electron chi connectivity index (χ2n) is 14.3. The van der Waals surface area contributed by atoms with Crippen LogP contribution in [0.25, 0.3) is 82.3 Å². The first kappa shape index (κ1) is 31.8. The second-order valence-corrected chi connectivity index (χ2v) is 15.5. The van der Waals surface area contributed by atoms with Gasteiger partial charge in [-0.3, -0.25) is 0 Å². The number of fused-ring (bicyclic) bond motifs is 8. The number of hydrogen-bond acceptors (Lipinski definition) is 3. The van der Waals surface area contributed by atoms with Gasteiger partial charge in [0.25, 0.3) is 0 Å². The van der Waals surface area contributed by atoms with Crippen LogP contribution in [-0.2, 0) is 6.42 Å². The number of rotatable bonds is 6. The number of nitrogens with zero attached hydrogens (tertiary/aromatic N) is 1. The molecule has 55 heavy (non-hydrogen) atoms. The van der Waals surface area contributed by atoms with Crippen molar-refractivity contribution in [1.29, 1.82) is 0 Å². The zero-order chi connectivity index (χ0) is 36.3. The van der Waals surface area contributed by atoms with Gasteiger partial charge in [-0.05, 0) is 106 Å². The van der Waals surface area contributed by atoms with Crippen LogP contribution >= 0.6 is 11.3 Å². The number of anilines is 3. The van der Waals surface area contributed by atoms with Gasteiger partial charge in [0.15, 0.2) is 0 Å². The van der Waals surface area contributed by atoms with Crippen LogP contribution in [0.4, 0.5) is 17.1 Å². The summed E-state index contributed by atoms with van der Waals surface area (Å²) >= 11 is 1.93. The van der Waals surface area contributed by atoms with Crippen molar-refractivity contribution in [2.75, 3.05) is 4.90 Å². The van der Waals surface area contributed by atoms with Crippen LogP contribution in [-0.4, -0.2) is 0 Å². The zero-order valence-corrected chi connectivity index (χ0v) is 30.9. The molecule has 0 N–H and O–H groups in total. The summed E-state index contributed by atoms with van der Waals surface area (Å²) in [6.07, 6.45) is 6.85. The Morgan fingerprint density at radius 2 is 1.20 bits per heavy atom. The molecule has 0 amide bonds. The molecule has 0 fully saturated rings. The first-order chi connectivity index (χ1) is 27.3. The molecule has 2 heterocycles. The highest BCUT2D eigenvalue weighted by atomic mass is 32.1. The molecule has 0 spiro atoms. The lowest BCUT2D eigenvalue weighted by molar-refractivity contribution is 0.673.